The van der Waals surface area contributed by atoms with Gasteiger partial charge in [-0.3, -0.25) is 0 Å². The Hall–Kier alpha value is -1.09. The molecular formula is C12H17FO2. The molecule has 1 aromatic rings. The maximum Gasteiger partial charge on any atom is 0.128 e. The van der Waals surface area contributed by atoms with Crippen LogP contribution < -0.4 is 4.74 Å². The smallest absolute Gasteiger partial charge is 0.128 e. The number of aliphatic hydroxyl groups is 1. The molecule has 1 aromatic carbocycles. The van der Waals surface area contributed by atoms with Crippen LogP contribution in [0.5, 0.6) is 5.75 Å². The minimum absolute atomic E-state index is 0.349. The van der Waals surface area contributed by atoms with Gasteiger partial charge in [-0.25, -0.2) is 4.39 Å². The van der Waals surface area contributed by atoms with Gasteiger partial charge in [0.15, 0.2) is 0 Å². The van der Waals surface area contributed by atoms with E-state index in [1.54, 1.807) is 13.0 Å². The molecule has 0 saturated carbocycles. The van der Waals surface area contributed by atoms with Crippen LogP contribution in [0.2, 0.25) is 0 Å². The summed E-state index contributed by atoms with van der Waals surface area (Å²) in [5, 5.41) is 9.46. The van der Waals surface area contributed by atoms with Crippen LogP contribution in [-0.2, 0) is 0 Å². The van der Waals surface area contributed by atoms with Crippen LogP contribution in [-0.4, -0.2) is 11.7 Å². The molecule has 3 heteroatoms. The Labute approximate surface area is 89.7 Å². The lowest BCUT2D eigenvalue weighted by Crippen LogP contribution is -2.07. The maximum absolute atomic E-state index is 13.0. The largest absolute Gasteiger partial charge is 0.493 e. The van der Waals surface area contributed by atoms with Gasteiger partial charge in [0, 0.05) is 11.6 Å². The predicted molar refractivity (Wildman–Crippen MR) is 57.4 cm³/mol. The van der Waals surface area contributed by atoms with Crippen molar-refractivity contribution in [3.05, 3.63) is 29.6 Å². The second kappa shape index (κ2) is 5.12. The van der Waals surface area contributed by atoms with Gasteiger partial charge in [-0.05, 0) is 25.0 Å². The fourth-order valence-electron chi connectivity index (χ4n) is 1.23. The molecule has 0 heterocycles. The lowest BCUT2D eigenvalue weighted by molar-refractivity contribution is 0.187. The van der Waals surface area contributed by atoms with E-state index in [1.807, 2.05) is 13.8 Å². The molecule has 1 rings (SSSR count). The zero-order valence-corrected chi connectivity index (χ0v) is 9.33. The molecule has 0 unspecified atom stereocenters. The van der Waals surface area contributed by atoms with Crippen molar-refractivity contribution in [2.45, 2.75) is 26.9 Å². The van der Waals surface area contributed by atoms with Gasteiger partial charge in [-0.1, -0.05) is 13.8 Å². The van der Waals surface area contributed by atoms with Crippen molar-refractivity contribution in [1.29, 1.82) is 0 Å². The monoisotopic (exact) mass is 212 g/mol. The van der Waals surface area contributed by atoms with Crippen molar-refractivity contribution in [1.82, 2.24) is 0 Å². The molecule has 0 aliphatic heterocycles. The van der Waals surface area contributed by atoms with E-state index >= 15 is 0 Å². The van der Waals surface area contributed by atoms with Gasteiger partial charge in [-0.2, -0.15) is 0 Å². The maximum atomic E-state index is 13.0. The summed E-state index contributed by atoms with van der Waals surface area (Å²) in [7, 11) is 0. The standard InChI is InChI=1S/C12H17FO2/c1-8(2)7-15-12-6-10(13)4-5-11(12)9(3)14/h4-6,8-9,14H,7H2,1-3H3/t9-/m0/s1. The molecule has 0 amide bonds. The molecule has 0 aromatic heterocycles. The van der Waals surface area contributed by atoms with E-state index in [0.29, 0.717) is 23.8 Å². The highest BCUT2D eigenvalue weighted by atomic mass is 19.1. The molecule has 15 heavy (non-hydrogen) atoms. The molecule has 0 aliphatic carbocycles. The molecule has 84 valence electrons. The molecule has 0 spiro atoms. The first-order chi connectivity index (χ1) is 7.00. The number of halogens is 1. The Morgan fingerprint density at radius 1 is 1.33 bits per heavy atom. The summed E-state index contributed by atoms with van der Waals surface area (Å²) in [5.74, 6) is 0.451. The van der Waals surface area contributed by atoms with E-state index in [1.165, 1.54) is 12.1 Å². The number of aliphatic hydroxyl groups excluding tert-OH is 1. The second-order valence-corrected chi connectivity index (χ2v) is 4.06. The summed E-state index contributed by atoms with van der Waals surface area (Å²) in [5.41, 5.74) is 0.622. The molecule has 0 aliphatic rings. The van der Waals surface area contributed by atoms with Crippen molar-refractivity contribution < 1.29 is 14.2 Å². The van der Waals surface area contributed by atoms with Crippen LogP contribution in [0.15, 0.2) is 18.2 Å². The van der Waals surface area contributed by atoms with E-state index in [0.717, 1.165) is 0 Å². The SMILES string of the molecule is CC(C)COc1cc(F)ccc1[C@H](C)O. The lowest BCUT2D eigenvalue weighted by atomic mass is 10.1. The van der Waals surface area contributed by atoms with E-state index in [2.05, 4.69) is 0 Å². The zero-order valence-electron chi connectivity index (χ0n) is 9.33. The first kappa shape index (κ1) is 12.0. The van der Waals surface area contributed by atoms with Gasteiger partial charge in [-0.15, -0.1) is 0 Å². The lowest BCUT2D eigenvalue weighted by Gasteiger charge is -2.14. The molecule has 0 fully saturated rings. The van der Waals surface area contributed by atoms with Gasteiger partial charge >= 0.3 is 0 Å². The van der Waals surface area contributed by atoms with Crippen LogP contribution >= 0.6 is 0 Å². The Kier molecular flexibility index (Phi) is 4.09. The number of ether oxygens (including phenoxy) is 1. The van der Waals surface area contributed by atoms with Gasteiger partial charge in [0.2, 0.25) is 0 Å². The minimum Gasteiger partial charge on any atom is -0.493 e. The third kappa shape index (κ3) is 3.51. The molecule has 1 atom stereocenters. The molecule has 0 bridgehead atoms. The van der Waals surface area contributed by atoms with Crippen molar-refractivity contribution >= 4 is 0 Å². The molecule has 0 saturated heterocycles. The topological polar surface area (TPSA) is 29.5 Å². The van der Waals surface area contributed by atoms with E-state index in [4.69, 9.17) is 4.74 Å². The quantitative estimate of drug-likeness (QED) is 0.831. The summed E-state index contributed by atoms with van der Waals surface area (Å²) in [6.07, 6.45) is -0.646. The predicted octanol–water partition coefficient (Wildman–Crippen LogP) is 2.91. The summed E-state index contributed by atoms with van der Waals surface area (Å²) in [4.78, 5) is 0. The van der Waals surface area contributed by atoms with Gasteiger partial charge in [0.1, 0.15) is 11.6 Å². The summed E-state index contributed by atoms with van der Waals surface area (Å²) >= 11 is 0. The first-order valence-electron chi connectivity index (χ1n) is 5.11. The molecule has 1 N–H and O–H groups in total. The van der Waals surface area contributed by atoms with Crippen molar-refractivity contribution in [3.63, 3.8) is 0 Å². The minimum atomic E-state index is -0.646. The Balaban J connectivity index is 2.87. The number of rotatable bonds is 4. The van der Waals surface area contributed by atoms with Gasteiger partial charge in [0.25, 0.3) is 0 Å². The zero-order chi connectivity index (χ0) is 11.4. The highest BCUT2D eigenvalue weighted by molar-refractivity contribution is 5.35. The van der Waals surface area contributed by atoms with Gasteiger partial charge in [0.05, 0.1) is 12.7 Å². The second-order valence-electron chi connectivity index (χ2n) is 4.06. The summed E-state index contributed by atoms with van der Waals surface area (Å²) in [6.45, 7) is 6.18. The van der Waals surface area contributed by atoms with Crippen molar-refractivity contribution in [2.75, 3.05) is 6.61 Å². The van der Waals surface area contributed by atoms with E-state index in [-0.39, 0.29) is 5.82 Å². The third-order valence-corrected chi connectivity index (χ3v) is 2.00. The molecule has 0 radical (unpaired) electrons. The molecular weight excluding hydrogens is 195 g/mol. The van der Waals surface area contributed by atoms with Crippen LogP contribution in [0.1, 0.15) is 32.4 Å². The van der Waals surface area contributed by atoms with E-state index in [9.17, 15) is 9.50 Å². The summed E-state index contributed by atoms with van der Waals surface area (Å²) < 4.78 is 18.4. The van der Waals surface area contributed by atoms with Crippen LogP contribution in [0.25, 0.3) is 0 Å². The van der Waals surface area contributed by atoms with Crippen molar-refractivity contribution in [3.8, 4) is 5.75 Å². The van der Waals surface area contributed by atoms with Crippen LogP contribution in [0.4, 0.5) is 4.39 Å². The van der Waals surface area contributed by atoms with E-state index < -0.39 is 6.10 Å². The fraction of sp³-hybridized carbons (Fsp3) is 0.500. The Morgan fingerprint density at radius 3 is 2.53 bits per heavy atom. The average molecular weight is 212 g/mol. The number of hydrogen-bond donors (Lipinski definition) is 1. The van der Waals surface area contributed by atoms with Gasteiger partial charge < -0.3 is 9.84 Å². The average Bonchev–Trinajstić information content (AvgIpc) is 2.14. The van der Waals surface area contributed by atoms with Crippen molar-refractivity contribution in [2.24, 2.45) is 5.92 Å². The highest BCUT2D eigenvalue weighted by Gasteiger charge is 2.10. The van der Waals surface area contributed by atoms with Crippen LogP contribution in [0.3, 0.4) is 0 Å². The Bertz CT molecular complexity index is 321. The Morgan fingerprint density at radius 2 is 2.00 bits per heavy atom. The number of hydrogen-bond acceptors (Lipinski definition) is 2. The number of benzene rings is 1. The third-order valence-electron chi connectivity index (χ3n) is 2.00. The van der Waals surface area contributed by atoms with Crippen LogP contribution in [0, 0.1) is 11.7 Å². The summed E-state index contributed by atoms with van der Waals surface area (Å²) in [6, 6.07) is 4.18. The normalized spacial score (nSPS) is 12.9. The fourth-order valence-corrected chi connectivity index (χ4v) is 1.23. The highest BCUT2D eigenvalue weighted by Crippen LogP contribution is 2.26. The first-order valence-corrected chi connectivity index (χ1v) is 5.11. The molecule has 2 nitrogen and oxygen atoms in total.